The third-order valence-electron chi connectivity index (χ3n) is 4.07. The number of carbonyl (C=O) groups is 1. The highest BCUT2D eigenvalue weighted by Crippen LogP contribution is 2.21. The normalized spacial score (nSPS) is 17.6. The SMILES string of the molecule is CC(C(=O)C(N)CN)C1=c2cc3c(cc2C=C1)=CC=C3. The fraction of sp³-hybridized carbons (Fsp3) is 0.235. The highest BCUT2D eigenvalue weighted by molar-refractivity contribution is 5.97. The van der Waals surface area contributed by atoms with E-state index in [1.807, 2.05) is 19.1 Å². The van der Waals surface area contributed by atoms with E-state index >= 15 is 0 Å². The maximum Gasteiger partial charge on any atom is 0.157 e. The summed E-state index contributed by atoms with van der Waals surface area (Å²) in [4.78, 5) is 12.2. The van der Waals surface area contributed by atoms with Gasteiger partial charge in [0.05, 0.1) is 6.04 Å². The van der Waals surface area contributed by atoms with Gasteiger partial charge in [-0.15, -0.1) is 0 Å². The van der Waals surface area contributed by atoms with Crippen LogP contribution in [0.5, 0.6) is 0 Å². The number of carbonyl (C=O) groups excluding carboxylic acids is 1. The quantitative estimate of drug-likeness (QED) is 0.816. The van der Waals surface area contributed by atoms with Crippen LogP contribution in [0.1, 0.15) is 18.1 Å². The van der Waals surface area contributed by atoms with Gasteiger partial charge in [-0.1, -0.05) is 37.3 Å². The average molecular weight is 266 g/mol. The van der Waals surface area contributed by atoms with Crippen LogP contribution >= 0.6 is 0 Å². The summed E-state index contributed by atoms with van der Waals surface area (Å²) in [6.07, 6.45) is 10.3. The zero-order chi connectivity index (χ0) is 14.3. The number of benzene rings is 1. The second kappa shape index (κ2) is 4.85. The van der Waals surface area contributed by atoms with E-state index in [9.17, 15) is 4.79 Å². The van der Waals surface area contributed by atoms with Crippen molar-refractivity contribution in [2.45, 2.75) is 13.0 Å². The van der Waals surface area contributed by atoms with Gasteiger partial charge in [-0.2, -0.15) is 0 Å². The van der Waals surface area contributed by atoms with Crippen molar-refractivity contribution in [2.24, 2.45) is 17.4 Å². The molecule has 0 spiro atoms. The van der Waals surface area contributed by atoms with Gasteiger partial charge in [0.15, 0.2) is 5.78 Å². The van der Waals surface area contributed by atoms with Crippen LogP contribution in [0.15, 0.2) is 24.3 Å². The van der Waals surface area contributed by atoms with Gasteiger partial charge in [-0.3, -0.25) is 4.79 Å². The van der Waals surface area contributed by atoms with Crippen molar-refractivity contribution >= 4 is 29.6 Å². The Kier molecular flexibility index (Phi) is 3.16. The molecule has 102 valence electrons. The molecule has 0 fully saturated rings. The Morgan fingerprint density at radius 3 is 2.75 bits per heavy atom. The van der Waals surface area contributed by atoms with Crippen LogP contribution < -0.4 is 21.9 Å². The van der Waals surface area contributed by atoms with E-state index in [0.717, 1.165) is 10.8 Å². The van der Waals surface area contributed by atoms with E-state index in [4.69, 9.17) is 11.5 Å². The third-order valence-corrected chi connectivity index (χ3v) is 4.07. The van der Waals surface area contributed by atoms with Crippen LogP contribution in [0.4, 0.5) is 0 Å². The van der Waals surface area contributed by atoms with E-state index in [1.54, 1.807) is 0 Å². The number of Topliss-reactive ketones (excluding diaryl/α,β-unsaturated/α-hetero) is 1. The van der Waals surface area contributed by atoms with E-state index < -0.39 is 6.04 Å². The Morgan fingerprint density at radius 1 is 1.20 bits per heavy atom. The lowest BCUT2D eigenvalue weighted by molar-refractivity contribution is -0.121. The van der Waals surface area contributed by atoms with E-state index in [2.05, 4.69) is 30.4 Å². The van der Waals surface area contributed by atoms with Crippen molar-refractivity contribution in [3.8, 4) is 0 Å². The van der Waals surface area contributed by atoms with Crippen LogP contribution in [0, 0.1) is 5.92 Å². The van der Waals surface area contributed by atoms with Gasteiger partial charge >= 0.3 is 0 Å². The summed E-state index contributed by atoms with van der Waals surface area (Å²) in [5, 5.41) is 2.36. The Morgan fingerprint density at radius 2 is 2.00 bits per heavy atom. The topological polar surface area (TPSA) is 69.1 Å². The number of nitrogens with two attached hydrogens (primary N) is 2. The van der Waals surface area contributed by atoms with Crippen LogP contribution in [0.25, 0.3) is 23.8 Å². The lowest BCUT2D eigenvalue weighted by atomic mass is 9.91. The first-order valence-electron chi connectivity index (χ1n) is 6.86. The van der Waals surface area contributed by atoms with Gasteiger partial charge in [0.1, 0.15) is 0 Å². The molecule has 0 saturated heterocycles. The Bertz CT molecular complexity index is 756. The highest BCUT2D eigenvalue weighted by atomic mass is 16.1. The maximum absolute atomic E-state index is 12.2. The molecule has 0 heterocycles. The molecular weight excluding hydrogens is 248 g/mol. The lowest BCUT2D eigenvalue weighted by Crippen LogP contribution is -2.41. The van der Waals surface area contributed by atoms with Gasteiger partial charge < -0.3 is 11.5 Å². The highest BCUT2D eigenvalue weighted by Gasteiger charge is 2.24. The number of rotatable bonds is 4. The molecule has 0 radical (unpaired) electrons. The predicted octanol–water partition coefficient (Wildman–Crippen LogP) is 0.163. The second-order valence-corrected chi connectivity index (χ2v) is 5.35. The van der Waals surface area contributed by atoms with Crippen LogP contribution in [-0.4, -0.2) is 18.4 Å². The molecular formula is C17H18N2O. The Hall–Kier alpha value is -1.97. The molecule has 0 amide bonds. The van der Waals surface area contributed by atoms with Crippen molar-refractivity contribution in [2.75, 3.05) is 6.54 Å². The summed E-state index contributed by atoms with van der Waals surface area (Å²) in [6.45, 7) is 2.09. The number of ketones is 1. The summed E-state index contributed by atoms with van der Waals surface area (Å²) < 4.78 is 0. The third kappa shape index (κ3) is 1.96. The molecule has 0 aromatic heterocycles. The minimum atomic E-state index is -0.586. The smallest absolute Gasteiger partial charge is 0.157 e. The fourth-order valence-electron chi connectivity index (χ4n) is 2.82. The van der Waals surface area contributed by atoms with Crippen molar-refractivity contribution < 1.29 is 4.79 Å². The zero-order valence-electron chi connectivity index (χ0n) is 11.5. The van der Waals surface area contributed by atoms with Crippen molar-refractivity contribution in [3.05, 3.63) is 45.8 Å². The summed E-state index contributed by atoms with van der Waals surface area (Å²) in [5.74, 6) is -0.221. The van der Waals surface area contributed by atoms with Gasteiger partial charge in [0.2, 0.25) is 0 Å². The molecule has 2 unspecified atom stereocenters. The molecule has 4 N–H and O–H groups in total. The average Bonchev–Trinajstić information content (AvgIpc) is 3.07. The minimum absolute atomic E-state index is 0.00241. The van der Waals surface area contributed by atoms with Crippen molar-refractivity contribution in [1.29, 1.82) is 0 Å². The summed E-state index contributed by atoms with van der Waals surface area (Å²) in [7, 11) is 0. The number of hydrogen-bond donors (Lipinski definition) is 2. The monoisotopic (exact) mass is 266 g/mol. The van der Waals surface area contributed by atoms with Crippen molar-refractivity contribution in [3.63, 3.8) is 0 Å². The molecule has 3 rings (SSSR count). The largest absolute Gasteiger partial charge is 0.328 e. The van der Waals surface area contributed by atoms with Gasteiger partial charge in [0, 0.05) is 12.5 Å². The first kappa shape index (κ1) is 13.0. The number of hydrogen-bond acceptors (Lipinski definition) is 3. The molecule has 0 saturated carbocycles. The van der Waals surface area contributed by atoms with Gasteiger partial charge in [-0.25, -0.2) is 0 Å². The molecule has 2 aliphatic rings. The molecule has 0 aliphatic heterocycles. The Balaban J connectivity index is 2.09. The van der Waals surface area contributed by atoms with Gasteiger partial charge in [0.25, 0.3) is 0 Å². The van der Waals surface area contributed by atoms with Crippen LogP contribution in [0.2, 0.25) is 0 Å². The lowest BCUT2D eigenvalue weighted by Gasteiger charge is -2.15. The summed E-state index contributed by atoms with van der Waals surface area (Å²) >= 11 is 0. The molecule has 1 aromatic rings. The molecule has 0 bridgehead atoms. The van der Waals surface area contributed by atoms with E-state index in [-0.39, 0.29) is 18.2 Å². The first-order valence-corrected chi connectivity index (χ1v) is 6.86. The minimum Gasteiger partial charge on any atom is -0.328 e. The fourth-order valence-corrected chi connectivity index (χ4v) is 2.82. The van der Waals surface area contributed by atoms with Crippen LogP contribution in [-0.2, 0) is 4.79 Å². The maximum atomic E-state index is 12.2. The molecule has 2 aliphatic carbocycles. The molecule has 2 atom stereocenters. The van der Waals surface area contributed by atoms with Gasteiger partial charge in [-0.05, 0) is 39.3 Å². The standard InChI is InChI=1S/C17H18N2O/c1-10(17(20)16(19)9-18)14-6-5-13-7-11-3-2-4-12(11)8-15(13)14/h2-8,10,16H,9,18-19H2,1H3. The molecule has 20 heavy (non-hydrogen) atoms. The molecule has 1 aromatic carbocycles. The zero-order valence-corrected chi connectivity index (χ0v) is 11.5. The molecule has 3 heteroatoms. The van der Waals surface area contributed by atoms with E-state index in [0.29, 0.717) is 0 Å². The number of allylic oxidation sites excluding steroid dienone is 2. The Labute approximate surface area is 118 Å². The van der Waals surface area contributed by atoms with Crippen LogP contribution in [0.3, 0.4) is 0 Å². The summed E-state index contributed by atoms with van der Waals surface area (Å²) in [5.41, 5.74) is 14.7. The van der Waals surface area contributed by atoms with E-state index in [1.165, 1.54) is 16.3 Å². The second-order valence-electron chi connectivity index (χ2n) is 5.35. The first-order chi connectivity index (χ1) is 9.61. The summed E-state index contributed by atoms with van der Waals surface area (Å²) in [6, 6.07) is 3.73. The molecule has 3 nitrogen and oxygen atoms in total. The van der Waals surface area contributed by atoms with Crippen molar-refractivity contribution in [1.82, 2.24) is 0 Å². The number of fused-ring (bicyclic) bond motifs is 2. The predicted molar refractivity (Wildman–Crippen MR) is 82.8 cm³/mol.